The minimum absolute atomic E-state index is 0. The molecular weight excluding hydrogens is 599 g/mol. The van der Waals surface area contributed by atoms with E-state index in [-0.39, 0.29) is 58.4 Å². The zero-order chi connectivity index (χ0) is 32.8. The van der Waals surface area contributed by atoms with E-state index in [0.717, 1.165) is 91.2 Å². The molecule has 2 unspecified atom stereocenters. The molecule has 0 aromatic heterocycles. The Labute approximate surface area is 303 Å². The maximum Gasteiger partial charge on any atom is 1.00 e. The first-order valence-electron chi connectivity index (χ1n) is 17.2. The van der Waals surface area contributed by atoms with Crippen molar-refractivity contribution in [1.82, 2.24) is 10.6 Å². The molecule has 8 heteroatoms. The average Bonchev–Trinajstić information content (AvgIpc) is 3.94. The molecule has 2 atom stereocenters. The Morgan fingerprint density at radius 1 is 0.638 bits per heavy atom. The third-order valence-corrected chi connectivity index (χ3v) is 10.7. The Bertz CT molecular complexity index is 1580. The predicted octanol–water partition coefficient (Wildman–Crippen LogP) is 4.46. The van der Waals surface area contributed by atoms with Crippen LogP contribution in [0.15, 0.2) is 35.8 Å². The van der Waals surface area contributed by atoms with Gasteiger partial charge in [-0.1, -0.05) is 58.9 Å². The molecule has 2 amide bonds. The van der Waals surface area contributed by atoms with E-state index in [1.54, 1.807) is 0 Å². The van der Waals surface area contributed by atoms with Crippen molar-refractivity contribution in [2.45, 2.75) is 124 Å². The molecule has 6 rings (SSSR count). The fraction of sp³-hybridized carbons (Fsp3) is 0.538. The molecule has 250 valence electrons. The Balaban J connectivity index is 0.000000245. The monoisotopic (exact) mass is 652 g/mol. The second kappa shape index (κ2) is 14.9. The number of aryl methyl sites for hydroxylation is 6. The van der Waals surface area contributed by atoms with Gasteiger partial charge >= 0.3 is 29.6 Å². The molecule has 2 aromatic rings. The van der Waals surface area contributed by atoms with Gasteiger partial charge in [0.15, 0.2) is 0 Å². The number of rotatable bonds is 9. The van der Waals surface area contributed by atoms with Crippen LogP contribution in [0, 0.1) is 18.8 Å². The summed E-state index contributed by atoms with van der Waals surface area (Å²) in [6.07, 6.45) is 8.83. The molecular formula is C39H53N2NaO5. The van der Waals surface area contributed by atoms with Crippen molar-refractivity contribution < 1.29 is 54.8 Å². The fourth-order valence-electron chi connectivity index (χ4n) is 7.53. The minimum atomic E-state index is -0.578. The van der Waals surface area contributed by atoms with Crippen molar-refractivity contribution in [2.75, 3.05) is 0 Å². The number of aliphatic hydroxyl groups excluding tert-OH is 2. The van der Waals surface area contributed by atoms with E-state index in [1.807, 2.05) is 20.8 Å². The van der Waals surface area contributed by atoms with Gasteiger partial charge in [-0.2, -0.15) is 0 Å². The predicted molar refractivity (Wildman–Crippen MR) is 184 cm³/mol. The van der Waals surface area contributed by atoms with Crippen LogP contribution in [0.25, 0.3) is 11.1 Å². The molecule has 0 radical (unpaired) electrons. The summed E-state index contributed by atoms with van der Waals surface area (Å²) in [5.74, 6) is 0.975. The summed E-state index contributed by atoms with van der Waals surface area (Å²) in [6, 6.07) is 8.68. The van der Waals surface area contributed by atoms with E-state index in [9.17, 15) is 19.8 Å². The fourth-order valence-corrected chi connectivity index (χ4v) is 7.53. The molecule has 2 aliphatic heterocycles. The Hall–Kier alpha value is -2.58. The van der Waals surface area contributed by atoms with Crippen molar-refractivity contribution in [2.24, 2.45) is 11.8 Å². The molecule has 0 bridgehead atoms. The van der Waals surface area contributed by atoms with Crippen molar-refractivity contribution in [3.8, 4) is 0 Å². The van der Waals surface area contributed by atoms with Crippen LogP contribution < -0.4 is 40.2 Å². The van der Waals surface area contributed by atoms with E-state index in [4.69, 9.17) is 0 Å². The normalized spacial score (nSPS) is 23.5. The van der Waals surface area contributed by atoms with Gasteiger partial charge in [0, 0.05) is 0 Å². The number of carbonyl (C=O) groups is 2. The standard InChI is InChI=1S/C20H27NO2.C19H25NO2.Na.H2O/c1-5-12-10-13(6-2)16(14(7-3)11-12)17-18(22)20(4,15-8-9-15)21-19(17)23;1-5-12-9-11(3)15(13(6-2)10-12)16-17(21)19(4,14-7-8-14)20-18(16)22;;/h10-11,15,22H,5-9H2,1-4H3,(H,21,23);9-10,14,21H,5-8H2,1-4H3,(H,20,22);;1H2/q;;+1;/p-1. The number of hydrogen-bond donors (Lipinski definition) is 4. The van der Waals surface area contributed by atoms with Crippen LogP contribution in [0.4, 0.5) is 0 Å². The van der Waals surface area contributed by atoms with Gasteiger partial charge in [0.2, 0.25) is 0 Å². The number of carbonyl (C=O) groups excluding carboxylic acids is 2. The molecule has 0 saturated heterocycles. The molecule has 2 saturated carbocycles. The topological polar surface area (TPSA) is 129 Å². The average molecular weight is 653 g/mol. The van der Waals surface area contributed by atoms with Crippen LogP contribution in [-0.2, 0) is 41.7 Å². The van der Waals surface area contributed by atoms with E-state index >= 15 is 0 Å². The molecule has 5 N–H and O–H groups in total. The summed E-state index contributed by atoms with van der Waals surface area (Å²) in [5.41, 5.74) is 8.87. The van der Waals surface area contributed by atoms with Gasteiger partial charge in [-0.15, -0.1) is 0 Å². The summed E-state index contributed by atoms with van der Waals surface area (Å²) in [6.45, 7) is 16.6. The molecule has 0 spiro atoms. The summed E-state index contributed by atoms with van der Waals surface area (Å²) < 4.78 is 0. The first kappa shape index (κ1) is 38.9. The number of nitrogens with one attached hydrogen (secondary N) is 2. The molecule has 47 heavy (non-hydrogen) atoms. The SMILES string of the molecule is CCc1cc(C)c(C2=C(O)C(C)(C3CC3)NC2=O)c(CC)c1.CCc1cc(CC)c(C2=C(O)C(C)(C3CC3)NC2=O)c(CC)c1.[Na+].[OH-]. The first-order chi connectivity index (χ1) is 21.4. The van der Waals surface area contributed by atoms with Gasteiger partial charge in [0.1, 0.15) is 11.5 Å². The quantitative estimate of drug-likeness (QED) is 0.298. The largest absolute Gasteiger partial charge is 1.00 e. The Morgan fingerprint density at radius 3 is 1.32 bits per heavy atom. The zero-order valence-electron chi connectivity index (χ0n) is 30.0. The van der Waals surface area contributed by atoms with Gasteiger partial charge in [0.25, 0.3) is 11.8 Å². The van der Waals surface area contributed by atoms with Crippen molar-refractivity contribution in [1.29, 1.82) is 0 Å². The number of hydrogen-bond acceptors (Lipinski definition) is 5. The summed E-state index contributed by atoms with van der Waals surface area (Å²) in [5, 5.41) is 27.8. The molecule has 7 nitrogen and oxygen atoms in total. The summed E-state index contributed by atoms with van der Waals surface area (Å²) >= 11 is 0. The summed E-state index contributed by atoms with van der Waals surface area (Å²) in [7, 11) is 0. The Kier molecular flexibility index (Phi) is 12.3. The van der Waals surface area contributed by atoms with Gasteiger partial charge in [-0.25, -0.2) is 0 Å². The van der Waals surface area contributed by atoms with Crippen molar-refractivity contribution in [3.63, 3.8) is 0 Å². The maximum absolute atomic E-state index is 12.7. The van der Waals surface area contributed by atoms with Crippen molar-refractivity contribution in [3.05, 3.63) is 80.3 Å². The van der Waals surface area contributed by atoms with Crippen molar-refractivity contribution >= 4 is 23.0 Å². The van der Waals surface area contributed by atoms with Gasteiger partial charge < -0.3 is 26.3 Å². The number of aliphatic hydroxyl groups is 2. The van der Waals surface area contributed by atoms with Crippen LogP contribution >= 0.6 is 0 Å². The van der Waals surface area contributed by atoms with Gasteiger partial charge in [0.05, 0.1) is 22.2 Å². The molecule has 2 aliphatic carbocycles. The second-order valence-corrected chi connectivity index (χ2v) is 13.8. The van der Waals surface area contributed by atoms with E-state index in [1.165, 1.54) is 11.1 Å². The summed E-state index contributed by atoms with van der Waals surface area (Å²) in [4.78, 5) is 25.3. The molecule has 4 aliphatic rings. The van der Waals surface area contributed by atoms with Crippen LogP contribution in [0.3, 0.4) is 0 Å². The van der Waals surface area contributed by atoms with Crippen LogP contribution in [0.1, 0.15) is 119 Å². The smallest absolute Gasteiger partial charge is 0.870 e. The van der Waals surface area contributed by atoms with E-state index < -0.39 is 11.1 Å². The Morgan fingerprint density at radius 2 is 0.979 bits per heavy atom. The van der Waals surface area contributed by atoms with E-state index in [2.05, 4.69) is 69.5 Å². The van der Waals surface area contributed by atoms with Crippen LogP contribution in [0.5, 0.6) is 0 Å². The third-order valence-electron chi connectivity index (χ3n) is 10.7. The number of amides is 2. The second-order valence-electron chi connectivity index (χ2n) is 13.8. The van der Waals surface area contributed by atoms with E-state index in [0.29, 0.717) is 23.0 Å². The number of benzene rings is 2. The third kappa shape index (κ3) is 6.96. The minimum Gasteiger partial charge on any atom is -0.870 e. The van der Waals surface area contributed by atoms with Gasteiger partial charge in [-0.05, 0) is 135 Å². The zero-order valence-corrected chi connectivity index (χ0v) is 32.0. The maximum atomic E-state index is 12.7. The van der Waals surface area contributed by atoms with Crippen LogP contribution in [0.2, 0.25) is 0 Å². The molecule has 2 heterocycles. The van der Waals surface area contributed by atoms with Gasteiger partial charge in [-0.3, -0.25) is 9.59 Å². The van der Waals surface area contributed by atoms with Crippen LogP contribution in [-0.4, -0.2) is 38.6 Å². The molecule has 2 aromatic carbocycles. The molecule has 2 fully saturated rings. The first-order valence-corrected chi connectivity index (χ1v) is 17.2.